The molecular formula is C30H50F2O2. The largest absolute Gasteiger partial charge is 0.390 e. The van der Waals surface area contributed by atoms with Gasteiger partial charge in [0.05, 0.1) is 11.2 Å². The molecular weight excluding hydrogens is 430 g/mol. The Labute approximate surface area is 206 Å². The third-order valence-corrected chi connectivity index (χ3v) is 12.3. The van der Waals surface area contributed by atoms with Crippen LogP contribution in [0.15, 0.2) is 0 Å². The van der Waals surface area contributed by atoms with E-state index in [1.165, 1.54) is 51.4 Å². The lowest BCUT2D eigenvalue weighted by atomic mass is 9.48. The summed E-state index contributed by atoms with van der Waals surface area (Å²) in [4.78, 5) is 0. The van der Waals surface area contributed by atoms with Crippen LogP contribution in [-0.2, 0) is 0 Å². The van der Waals surface area contributed by atoms with Crippen LogP contribution in [0.2, 0.25) is 0 Å². The Morgan fingerprint density at radius 1 is 0.735 bits per heavy atom. The van der Waals surface area contributed by atoms with Crippen molar-refractivity contribution in [1.82, 2.24) is 0 Å². The summed E-state index contributed by atoms with van der Waals surface area (Å²) in [5.74, 6) is 2.54. The van der Waals surface area contributed by atoms with Crippen molar-refractivity contribution >= 4 is 0 Å². The number of unbranched alkanes of at least 4 members (excludes halogenated alkanes) is 1. The van der Waals surface area contributed by atoms with Gasteiger partial charge in [-0.25, -0.2) is 8.78 Å². The second-order valence-electron chi connectivity index (χ2n) is 13.9. The molecule has 4 heteroatoms. The first kappa shape index (κ1) is 25.4. The van der Waals surface area contributed by atoms with Crippen LogP contribution in [0.25, 0.3) is 0 Å². The minimum atomic E-state index is -2.56. The Morgan fingerprint density at radius 2 is 1.47 bits per heavy atom. The smallest absolute Gasteiger partial charge is 0.248 e. The van der Waals surface area contributed by atoms with Gasteiger partial charge in [-0.2, -0.15) is 0 Å². The number of fused-ring (bicyclic) bond motifs is 5. The van der Waals surface area contributed by atoms with E-state index in [0.717, 1.165) is 67.6 Å². The Balaban J connectivity index is 1.13. The Kier molecular flexibility index (Phi) is 6.93. The van der Waals surface area contributed by atoms with Crippen molar-refractivity contribution < 1.29 is 19.0 Å². The van der Waals surface area contributed by atoms with Crippen molar-refractivity contribution in [2.45, 2.75) is 147 Å². The molecule has 196 valence electrons. The molecule has 8 atom stereocenters. The van der Waals surface area contributed by atoms with Gasteiger partial charge in [0.15, 0.2) is 0 Å². The lowest BCUT2D eigenvalue weighted by molar-refractivity contribution is -0.108. The van der Waals surface area contributed by atoms with Crippen LogP contribution < -0.4 is 0 Å². The summed E-state index contributed by atoms with van der Waals surface area (Å²) in [5.41, 5.74) is -0.748. The van der Waals surface area contributed by atoms with Gasteiger partial charge in [0.25, 0.3) is 0 Å². The molecule has 5 aliphatic rings. The number of rotatable bonds is 6. The molecule has 0 heterocycles. The second-order valence-corrected chi connectivity index (χ2v) is 13.9. The molecule has 0 aromatic heterocycles. The lowest BCUT2D eigenvalue weighted by Crippen LogP contribution is -2.50. The molecule has 0 bridgehead atoms. The molecule has 0 aromatic carbocycles. The average molecular weight is 481 g/mol. The minimum absolute atomic E-state index is 0.145. The number of hydrogen-bond acceptors (Lipinski definition) is 2. The first-order chi connectivity index (χ1) is 16.1. The normalized spacial score (nSPS) is 47.5. The number of hydrogen-bond donors (Lipinski definition) is 2. The molecule has 2 N–H and O–H groups in total. The fourth-order valence-corrected chi connectivity index (χ4v) is 10.0. The molecule has 5 fully saturated rings. The molecule has 0 unspecified atom stereocenters. The van der Waals surface area contributed by atoms with Crippen LogP contribution in [0.1, 0.15) is 129 Å². The predicted octanol–water partition coefficient (Wildman–Crippen LogP) is 7.90. The molecule has 0 aromatic rings. The van der Waals surface area contributed by atoms with Crippen LogP contribution in [0.4, 0.5) is 8.78 Å². The van der Waals surface area contributed by atoms with Crippen LogP contribution >= 0.6 is 0 Å². The Bertz CT molecular complexity index is 715. The maximum absolute atomic E-state index is 13.5. The third kappa shape index (κ3) is 4.73. The van der Waals surface area contributed by atoms with Gasteiger partial charge < -0.3 is 10.2 Å². The van der Waals surface area contributed by atoms with E-state index in [0.29, 0.717) is 11.8 Å². The SMILES string of the molecule is CC[C@]1(O)CC[C@H]2[C@@H](CC[C@@H]3[C@@H]2CC[C@]2(C)[C@@H](CCCCC4(O)CCC(F)(F)CC4)CC[C@@H]32)C1. The summed E-state index contributed by atoms with van der Waals surface area (Å²) >= 11 is 0. The van der Waals surface area contributed by atoms with Crippen molar-refractivity contribution in [3.63, 3.8) is 0 Å². The highest BCUT2D eigenvalue weighted by molar-refractivity contribution is 5.07. The lowest BCUT2D eigenvalue weighted by Gasteiger charge is -2.57. The summed E-state index contributed by atoms with van der Waals surface area (Å²) in [6, 6.07) is 0. The van der Waals surface area contributed by atoms with Crippen molar-refractivity contribution in [1.29, 1.82) is 0 Å². The first-order valence-corrected chi connectivity index (χ1v) is 14.9. The quantitative estimate of drug-likeness (QED) is 0.379. The highest BCUT2D eigenvalue weighted by Crippen LogP contribution is 2.65. The van der Waals surface area contributed by atoms with Gasteiger partial charge in [0.2, 0.25) is 5.92 Å². The highest BCUT2D eigenvalue weighted by Gasteiger charge is 2.57. The topological polar surface area (TPSA) is 40.5 Å². The van der Waals surface area contributed by atoms with Crippen LogP contribution in [0, 0.1) is 40.9 Å². The summed E-state index contributed by atoms with van der Waals surface area (Å²) < 4.78 is 27.0. The zero-order valence-corrected chi connectivity index (χ0v) is 21.8. The molecule has 5 saturated carbocycles. The van der Waals surface area contributed by atoms with E-state index in [9.17, 15) is 19.0 Å². The number of halogens is 2. The fraction of sp³-hybridized carbons (Fsp3) is 1.00. The van der Waals surface area contributed by atoms with E-state index >= 15 is 0 Å². The van der Waals surface area contributed by atoms with Gasteiger partial charge in [-0.3, -0.25) is 0 Å². The van der Waals surface area contributed by atoms with Gasteiger partial charge in [0.1, 0.15) is 0 Å². The Hall–Kier alpha value is -0.220. The monoisotopic (exact) mass is 480 g/mol. The van der Waals surface area contributed by atoms with Gasteiger partial charge in [-0.05, 0) is 131 Å². The number of alkyl halides is 2. The fourth-order valence-electron chi connectivity index (χ4n) is 10.0. The molecule has 0 aliphatic heterocycles. The third-order valence-electron chi connectivity index (χ3n) is 12.3. The molecule has 0 spiro atoms. The molecule has 0 radical (unpaired) electrons. The van der Waals surface area contributed by atoms with E-state index in [4.69, 9.17) is 0 Å². The van der Waals surface area contributed by atoms with Gasteiger partial charge in [-0.1, -0.05) is 26.7 Å². The summed E-state index contributed by atoms with van der Waals surface area (Å²) in [6.07, 6.45) is 16.8. The average Bonchev–Trinajstić information content (AvgIpc) is 3.15. The van der Waals surface area contributed by atoms with E-state index in [1.54, 1.807) is 0 Å². The summed E-state index contributed by atoms with van der Waals surface area (Å²) in [7, 11) is 0. The molecule has 5 rings (SSSR count). The van der Waals surface area contributed by atoms with E-state index in [-0.39, 0.29) is 31.3 Å². The van der Waals surface area contributed by atoms with E-state index < -0.39 is 11.5 Å². The first-order valence-electron chi connectivity index (χ1n) is 14.9. The summed E-state index contributed by atoms with van der Waals surface area (Å²) in [5, 5.41) is 21.7. The van der Waals surface area contributed by atoms with Crippen molar-refractivity contribution in [3.05, 3.63) is 0 Å². The van der Waals surface area contributed by atoms with E-state index in [2.05, 4.69) is 13.8 Å². The van der Waals surface area contributed by atoms with Crippen molar-refractivity contribution in [2.75, 3.05) is 0 Å². The van der Waals surface area contributed by atoms with Crippen LogP contribution in [0.5, 0.6) is 0 Å². The molecule has 2 nitrogen and oxygen atoms in total. The molecule has 0 saturated heterocycles. The number of aliphatic hydroxyl groups is 2. The van der Waals surface area contributed by atoms with Crippen LogP contribution in [-0.4, -0.2) is 27.3 Å². The van der Waals surface area contributed by atoms with E-state index in [1.807, 2.05) is 0 Å². The minimum Gasteiger partial charge on any atom is -0.390 e. The maximum Gasteiger partial charge on any atom is 0.248 e. The zero-order chi connectivity index (χ0) is 24.2. The van der Waals surface area contributed by atoms with Crippen molar-refractivity contribution in [2.24, 2.45) is 40.9 Å². The highest BCUT2D eigenvalue weighted by atomic mass is 19.3. The molecule has 5 aliphatic carbocycles. The zero-order valence-electron chi connectivity index (χ0n) is 21.8. The maximum atomic E-state index is 13.5. The Morgan fingerprint density at radius 3 is 2.21 bits per heavy atom. The van der Waals surface area contributed by atoms with Gasteiger partial charge in [0, 0.05) is 12.8 Å². The van der Waals surface area contributed by atoms with Crippen LogP contribution in [0.3, 0.4) is 0 Å². The molecule has 0 amide bonds. The predicted molar refractivity (Wildman–Crippen MR) is 133 cm³/mol. The van der Waals surface area contributed by atoms with Crippen molar-refractivity contribution in [3.8, 4) is 0 Å². The molecule has 34 heavy (non-hydrogen) atoms. The standard InChI is InChI=1S/C30H50F2O2/c1-3-28(33)15-12-23-21(20-28)7-9-25-24(23)11-14-27(2)22(8-10-26(25)27)6-4-5-13-29(34)16-18-30(31,32)19-17-29/h21-26,33-34H,3-20H2,1-2H3/t21-,22-,23-,24+,25+,26-,27+,28-/m0/s1. The summed E-state index contributed by atoms with van der Waals surface area (Å²) in [6.45, 7) is 4.76. The van der Waals surface area contributed by atoms with Gasteiger partial charge in [-0.15, -0.1) is 0 Å². The second kappa shape index (κ2) is 9.26. The van der Waals surface area contributed by atoms with Gasteiger partial charge >= 0.3 is 0 Å².